The van der Waals surface area contributed by atoms with Crippen molar-refractivity contribution >= 4 is 29.1 Å². The van der Waals surface area contributed by atoms with Gasteiger partial charge in [-0.05, 0) is 32.0 Å². The highest BCUT2D eigenvalue weighted by Crippen LogP contribution is 2.23. The van der Waals surface area contributed by atoms with Crippen molar-refractivity contribution in [2.45, 2.75) is 19.4 Å². The normalized spacial score (nSPS) is 15.5. The number of hydrogen-bond donors (Lipinski definition) is 2. The van der Waals surface area contributed by atoms with Gasteiger partial charge in [0, 0.05) is 18.8 Å². The highest BCUT2D eigenvalue weighted by Gasteiger charge is 2.23. The second-order valence-electron chi connectivity index (χ2n) is 5.78. The van der Waals surface area contributed by atoms with Gasteiger partial charge in [-0.1, -0.05) is 11.6 Å². The average Bonchev–Trinajstić information content (AvgIpc) is 2.46. The molecule has 22 heavy (non-hydrogen) atoms. The number of benzene rings is 1. The van der Waals surface area contributed by atoms with Crippen molar-refractivity contribution in [3.05, 3.63) is 28.8 Å². The molecule has 0 saturated carbocycles. The zero-order chi connectivity index (χ0) is 16.3. The standard InChI is InChI=1S/C15H20ClN3O3/c1-15(2,17)14(21)18-10-3-4-11(12(16)9-10)13(20)19-5-7-22-8-6-19/h3-4,9H,5-8,17H2,1-2H3,(H,18,21). The molecular formula is C15H20ClN3O3. The number of halogens is 1. The third kappa shape index (κ3) is 3.97. The van der Waals surface area contributed by atoms with E-state index in [9.17, 15) is 9.59 Å². The van der Waals surface area contributed by atoms with Gasteiger partial charge in [-0.25, -0.2) is 0 Å². The minimum Gasteiger partial charge on any atom is -0.378 e. The van der Waals surface area contributed by atoms with E-state index in [1.807, 2.05) is 0 Å². The first-order valence-corrected chi connectivity index (χ1v) is 7.44. The Morgan fingerprint density at radius 2 is 1.95 bits per heavy atom. The predicted octanol–water partition coefficient (Wildman–Crippen LogP) is 1.49. The van der Waals surface area contributed by atoms with Gasteiger partial charge in [0.15, 0.2) is 0 Å². The Labute approximate surface area is 134 Å². The molecule has 0 aromatic heterocycles. The van der Waals surface area contributed by atoms with Crippen LogP contribution in [-0.2, 0) is 9.53 Å². The average molecular weight is 326 g/mol. The molecule has 3 N–H and O–H groups in total. The van der Waals surface area contributed by atoms with Crippen LogP contribution < -0.4 is 11.1 Å². The minimum atomic E-state index is -0.991. The quantitative estimate of drug-likeness (QED) is 0.881. The van der Waals surface area contributed by atoms with Gasteiger partial charge in [-0.15, -0.1) is 0 Å². The minimum absolute atomic E-state index is 0.134. The topological polar surface area (TPSA) is 84.7 Å². The number of ether oxygens (including phenoxy) is 1. The van der Waals surface area contributed by atoms with Crippen LogP contribution in [0.1, 0.15) is 24.2 Å². The van der Waals surface area contributed by atoms with Crippen LogP contribution in [0.2, 0.25) is 5.02 Å². The summed E-state index contributed by atoms with van der Waals surface area (Å²) in [5.41, 5.74) is 5.65. The lowest BCUT2D eigenvalue weighted by Crippen LogP contribution is -2.45. The van der Waals surface area contributed by atoms with Gasteiger partial charge in [0.1, 0.15) is 0 Å². The van der Waals surface area contributed by atoms with Crippen molar-refractivity contribution in [2.75, 3.05) is 31.6 Å². The molecule has 120 valence electrons. The molecule has 2 amide bonds. The lowest BCUT2D eigenvalue weighted by atomic mass is 10.1. The Morgan fingerprint density at radius 1 is 1.32 bits per heavy atom. The summed E-state index contributed by atoms with van der Waals surface area (Å²) in [5.74, 6) is -0.457. The maximum Gasteiger partial charge on any atom is 0.255 e. The van der Waals surface area contributed by atoms with Gasteiger partial charge in [-0.2, -0.15) is 0 Å². The van der Waals surface area contributed by atoms with Gasteiger partial charge in [0.25, 0.3) is 5.91 Å². The first kappa shape index (κ1) is 16.7. The first-order chi connectivity index (χ1) is 10.3. The van der Waals surface area contributed by atoms with Crippen molar-refractivity contribution in [1.29, 1.82) is 0 Å². The van der Waals surface area contributed by atoms with E-state index in [0.29, 0.717) is 42.6 Å². The summed E-state index contributed by atoms with van der Waals surface area (Å²) in [4.78, 5) is 25.9. The monoisotopic (exact) mass is 325 g/mol. The van der Waals surface area contributed by atoms with Crippen molar-refractivity contribution in [2.24, 2.45) is 5.73 Å². The number of nitrogens with two attached hydrogens (primary N) is 1. The summed E-state index contributed by atoms with van der Waals surface area (Å²) in [6, 6.07) is 4.81. The number of nitrogens with one attached hydrogen (secondary N) is 1. The number of anilines is 1. The molecule has 0 bridgehead atoms. The fraction of sp³-hybridized carbons (Fsp3) is 0.467. The molecule has 1 aliphatic rings. The summed E-state index contributed by atoms with van der Waals surface area (Å²) in [5, 5.41) is 2.97. The fourth-order valence-electron chi connectivity index (χ4n) is 2.00. The molecule has 7 heteroatoms. The van der Waals surface area contributed by atoms with Crippen molar-refractivity contribution in [3.63, 3.8) is 0 Å². The molecule has 1 aliphatic heterocycles. The molecule has 1 heterocycles. The number of carbonyl (C=O) groups excluding carboxylic acids is 2. The zero-order valence-corrected chi connectivity index (χ0v) is 13.4. The zero-order valence-electron chi connectivity index (χ0n) is 12.7. The van der Waals surface area contributed by atoms with E-state index < -0.39 is 5.54 Å². The number of amides is 2. The summed E-state index contributed by atoms with van der Waals surface area (Å²) in [6.45, 7) is 5.39. The van der Waals surface area contributed by atoms with Crippen LogP contribution in [0.3, 0.4) is 0 Å². The van der Waals surface area contributed by atoms with E-state index in [0.717, 1.165) is 0 Å². The Hall–Kier alpha value is -1.63. The van der Waals surface area contributed by atoms with Gasteiger partial charge in [0.05, 0.1) is 29.3 Å². The van der Waals surface area contributed by atoms with Crippen LogP contribution in [0.4, 0.5) is 5.69 Å². The van der Waals surface area contributed by atoms with Crippen LogP contribution in [0.5, 0.6) is 0 Å². The maximum atomic E-state index is 12.4. The van der Waals surface area contributed by atoms with E-state index in [1.165, 1.54) is 0 Å². The lowest BCUT2D eigenvalue weighted by Gasteiger charge is -2.27. The number of morpholine rings is 1. The van der Waals surface area contributed by atoms with Crippen molar-refractivity contribution in [1.82, 2.24) is 4.90 Å². The molecule has 0 atom stereocenters. The second kappa shape index (κ2) is 6.64. The van der Waals surface area contributed by atoms with Crippen LogP contribution >= 0.6 is 11.6 Å². The van der Waals surface area contributed by atoms with E-state index in [-0.39, 0.29) is 11.8 Å². The van der Waals surface area contributed by atoms with Crippen molar-refractivity contribution in [3.8, 4) is 0 Å². The van der Waals surface area contributed by atoms with Crippen molar-refractivity contribution < 1.29 is 14.3 Å². The number of carbonyl (C=O) groups is 2. The molecule has 1 aromatic carbocycles. The van der Waals surface area contributed by atoms with Gasteiger partial charge >= 0.3 is 0 Å². The molecule has 1 aromatic rings. The molecule has 1 saturated heterocycles. The molecular weight excluding hydrogens is 306 g/mol. The Morgan fingerprint density at radius 3 is 2.50 bits per heavy atom. The number of rotatable bonds is 3. The molecule has 2 rings (SSSR count). The van der Waals surface area contributed by atoms with Gasteiger partial charge in [-0.3, -0.25) is 9.59 Å². The predicted molar refractivity (Wildman–Crippen MR) is 85.1 cm³/mol. The molecule has 0 radical (unpaired) electrons. The van der Waals surface area contributed by atoms with Crippen LogP contribution in [0.15, 0.2) is 18.2 Å². The number of nitrogens with zero attached hydrogens (tertiary/aromatic N) is 1. The van der Waals surface area contributed by atoms with Gasteiger partial charge in [0.2, 0.25) is 5.91 Å². The third-order valence-corrected chi connectivity index (χ3v) is 3.65. The van der Waals surface area contributed by atoms with E-state index in [1.54, 1.807) is 36.9 Å². The van der Waals surface area contributed by atoms with E-state index in [2.05, 4.69) is 5.32 Å². The summed E-state index contributed by atoms with van der Waals surface area (Å²) in [7, 11) is 0. The third-order valence-electron chi connectivity index (χ3n) is 3.34. The largest absolute Gasteiger partial charge is 0.378 e. The van der Waals surface area contributed by atoms with Crippen LogP contribution in [0, 0.1) is 0 Å². The van der Waals surface area contributed by atoms with Gasteiger partial charge < -0.3 is 20.7 Å². The first-order valence-electron chi connectivity index (χ1n) is 7.06. The molecule has 1 fully saturated rings. The van der Waals surface area contributed by atoms with E-state index in [4.69, 9.17) is 22.1 Å². The smallest absolute Gasteiger partial charge is 0.255 e. The SMILES string of the molecule is CC(C)(N)C(=O)Nc1ccc(C(=O)N2CCOCC2)c(Cl)c1. The molecule has 0 aliphatic carbocycles. The second-order valence-corrected chi connectivity index (χ2v) is 6.18. The summed E-state index contributed by atoms with van der Waals surface area (Å²) in [6.07, 6.45) is 0. The Kier molecular flexibility index (Phi) is 5.05. The molecule has 0 unspecified atom stereocenters. The Balaban J connectivity index is 2.12. The summed E-state index contributed by atoms with van der Waals surface area (Å²) < 4.78 is 5.22. The maximum absolute atomic E-state index is 12.4. The highest BCUT2D eigenvalue weighted by atomic mass is 35.5. The fourth-order valence-corrected chi connectivity index (χ4v) is 2.26. The van der Waals surface area contributed by atoms with Crippen LogP contribution in [-0.4, -0.2) is 48.6 Å². The van der Waals surface area contributed by atoms with Crippen LogP contribution in [0.25, 0.3) is 0 Å². The Bertz CT molecular complexity index is 578. The highest BCUT2D eigenvalue weighted by molar-refractivity contribution is 6.34. The molecule has 0 spiro atoms. The lowest BCUT2D eigenvalue weighted by molar-refractivity contribution is -0.120. The van der Waals surface area contributed by atoms with E-state index >= 15 is 0 Å². The number of hydrogen-bond acceptors (Lipinski definition) is 4. The summed E-state index contributed by atoms with van der Waals surface area (Å²) >= 11 is 6.18. The molecule has 6 nitrogen and oxygen atoms in total.